The van der Waals surface area contributed by atoms with Crippen molar-refractivity contribution in [3.05, 3.63) is 108 Å². The molecule has 0 saturated heterocycles. The van der Waals surface area contributed by atoms with Crippen LogP contribution in [-0.4, -0.2) is 5.98 Å². The smallest absolute Gasteiger partial charge is 1.00 e. The molecule has 0 aromatic heterocycles. The summed E-state index contributed by atoms with van der Waals surface area (Å²) in [7, 11) is 0. The summed E-state index contributed by atoms with van der Waals surface area (Å²) in [5.41, 5.74) is 6.08. The molecule has 4 heteroatoms. The van der Waals surface area contributed by atoms with Crippen LogP contribution in [0.4, 0.5) is 0 Å². The standard InChI is InChI=1S/2C9H7.C6H11Si.2ClH.Hf/c2*1-2-5-9-7-3-6-8(9)4-1;1-3-5-7-6-4-2;;;/h2*1-7H;3-4,7H,1-2,5-6H2;2*1H;/q;;;;;+2/p-2. The number of hydrogen-bond acceptors (Lipinski definition) is 0. The fourth-order valence-corrected chi connectivity index (χ4v) is 40.4. The first kappa shape index (κ1) is 23.3. The van der Waals surface area contributed by atoms with E-state index >= 15 is 0 Å². The van der Waals surface area contributed by atoms with E-state index in [1.54, 1.807) is 11.1 Å². The summed E-state index contributed by atoms with van der Waals surface area (Å²) in [6, 6.07) is 20.6. The molecule has 0 nitrogen and oxygen atoms in total. The van der Waals surface area contributed by atoms with Crippen molar-refractivity contribution in [2.24, 2.45) is 0 Å². The van der Waals surface area contributed by atoms with Crippen molar-refractivity contribution in [3.8, 4) is 0 Å². The topological polar surface area (TPSA) is 0 Å². The maximum absolute atomic E-state index is 4.11. The molecule has 0 amide bonds. The van der Waals surface area contributed by atoms with Gasteiger partial charge in [-0.2, -0.15) is 0 Å². The molecule has 143 valence electrons. The van der Waals surface area contributed by atoms with Crippen molar-refractivity contribution in [2.45, 2.75) is 19.4 Å². The zero-order valence-electron chi connectivity index (χ0n) is 15.9. The third-order valence-corrected chi connectivity index (χ3v) is 38.3. The molecule has 0 radical (unpaired) electrons. The molecule has 0 fully saturated rings. The van der Waals surface area contributed by atoms with Crippen LogP contribution in [0.1, 0.15) is 29.6 Å². The second-order valence-corrected chi connectivity index (χ2v) is 31.8. The summed E-state index contributed by atoms with van der Waals surface area (Å²) < 4.78 is 1.43. The zero-order chi connectivity index (χ0) is 17.9. The zero-order valence-corrected chi connectivity index (χ0v) is 22.2. The predicted molar refractivity (Wildman–Crippen MR) is 114 cm³/mol. The molecule has 0 bridgehead atoms. The summed E-state index contributed by atoms with van der Waals surface area (Å²) in [5, 5.41) is 0. The summed E-state index contributed by atoms with van der Waals surface area (Å²) >= 11 is -2.09. The van der Waals surface area contributed by atoms with Gasteiger partial charge in [-0.25, -0.2) is 0 Å². The average molecular weight is 591 g/mol. The monoisotopic (exact) mass is 591 g/mol. The van der Waals surface area contributed by atoms with E-state index in [4.69, 9.17) is 0 Å². The molecule has 2 aromatic rings. The van der Waals surface area contributed by atoms with E-state index in [1.807, 2.05) is 0 Å². The minimum absolute atomic E-state index is 0. The van der Waals surface area contributed by atoms with Crippen molar-refractivity contribution in [1.82, 2.24) is 0 Å². The van der Waals surface area contributed by atoms with Gasteiger partial charge in [-0.3, -0.25) is 0 Å². The van der Waals surface area contributed by atoms with Crippen molar-refractivity contribution < 1.29 is 45.4 Å². The summed E-state index contributed by atoms with van der Waals surface area (Å²) in [6.07, 6.45) is 14.2. The Morgan fingerprint density at radius 3 is 1.61 bits per heavy atom. The molecule has 0 heterocycles. The Labute approximate surface area is 190 Å². The molecule has 2 aromatic carbocycles. The van der Waals surface area contributed by atoms with Gasteiger partial charge in [0, 0.05) is 0 Å². The Hall–Kier alpha value is -0.933. The minimum atomic E-state index is -2.09. The molecule has 2 aliphatic carbocycles. The van der Waals surface area contributed by atoms with Crippen molar-refractivity contribution in [1.29, 1.82) is 0 Å². The van der Waals surface area contributed by atoms with E-state index in [1.165, 1.54) is 23.2 Å². The summed E-state index contributed by atoms with van der Waals surface area (Å²) in [4.78, 5) is 0. The normalized spacial score (nSPS) is 18.0. The maximum atomic E-state index is 4.11. The van der Waals surface area contributed by atoms with Crippen LogP contribution in [0.2, 0.25) is 12.1 Å². The van der Waals surface area contributed by atoms with Gasteiger partial charge < -0.3 is 24.8 Å². The van der Waals surface area contributed by atoms with Gasteiger partial charge in [0.05, 0.1) is 0 Å². The average Bonchev–Trinajstić information content (AvgIpc) is 3.28. The van der Waals surface area contributed by atoms with Crippen LogP contribution in [0.3, 0.4) is 0 Å². The van der Waals surface area contributed by atoms with Gasteiger partial charge in [0.1, 0.15) is 0 Å². The molecular formula is C24H25Cl2HfSi. The second-order valence-electron chi connectivity index (χ2n) is 7.18. The second kappa shape index (κ2) is 10.7. The minimum Gasteiger partial charge on any atom is -1.00 e. The Morgan fingerprint density at radius 2 is 1.18 bits per heavy atom. The molecule has 2 aliphatic rings. The number of halogens is 2. The molecule has 0 aliphatic heterocycles. The van der Waals surface area contributed by atoms with Gasteiger partial charge in [0.15, 0.2) is 0 Å². The van der Waals surface area contributed by atoms with Crippen LogP contribution < -0.4 is 24.8 Å². The third kappa shape index (κ3) is 4.46. The SMILES string of the molecule is C=CC[SiH](CC=C)[Hf+2]([CH]1C=Cc2ccccc21)[CH]1C=Cc2ccccc21.[Cl-].[Cl-]. The Bertz CT molecular complexity index is 818. The first-order valence-electron chi connectivity index (χ1n) is 9.46. The van der Waals surface area contributed by atoms with E-state index in [9.17, 15) is 0 Å². The van der Waals surface area contributed by atoms with Gasteiger partial charge in [0.2, 0.25) is 0 Å². The largest absolute Gasteiger partial charge is 1.00 e. The fourth-order valence-electron chi connectivity index (χ4n) is 4.55. The first-order chi connectivity index (χ1) is 12.8. The summed E-state index contributed by atoms with van der Waals surface area (Å²) in [5.74, 6) is -0.898. The van der Waals surface area contributed by atoms with Gasteiger partial charge in [-0.15, -0.1) is 0 Å². The van der Waals surface area contributed by atoms with E-state index in [2.05, 4.69) is 98.1 Å². The first-order valence-corrected chi connectivity index (χ1v) is 22.0. The van der Waals surface area contributed by atoms with E-state index < -0.39 is 26.6 Å². The van der Waals surface area contributed by atoms with Crippen molar-refractivity contribution in [3.63, 3.8) is 0 Å². The quantitative estimate of drug-likeness (QED) is 0.321. The van der Waals surface area contributed by atoms with Gasteiger partial charge in [-0.1, -0.05) is 0 Å². The van der Waals surface area contributed by atoms with Crippen molar-refractivity contribution in [2.75, 3.05) is 0 Å². The fraction of sp³-hybridized carbons (Fsp3) is 0.167. The Kier molecular flexibility index (Phi) is 8.95. The number of allylic oxidation sites excluding steroid dienone is 4. The molecular weight excluding hydrogens is 566 g/mol. The summed E-state index contributed by atoms with van der Waals surface area (Å²) in [6.45, 7) is 8.21. The van der Waals surface area contributed by atoms with E-state index in [0.717, 1.165) is 0 Å². The predicted octanol–water partition coefficient (Wildman–Crippen LogP) is 0.245. The van der Waals surface area contributed by atoms with E-state index in [0.29, 0.717) is 7.35 Å². The third-order valence-electron chi connectivity index (χ3n) is 5.69. The number of rotatable bonds is 7. The van der Waals surface area contributed by atoms with Crippen LogP contribution in [0.15, 0.2) is 86.0 Å². The van der Waals surface area contributed by atoms with Gasteiger partial charge in [-0.05, 0) is 0 Å². The maximum Gasteiger partial charge on any atom is -1.00 e. The van der Waals surface area contributed by atoms with Crippen molar-refractivity contribution >= 4 is 18.1 Å². The van der Waals surface area contributed by atoms with E-state index in [-0.39, 0.29) is 24.8 Å². The molecule has 4 rings (SSSR count). The number of fused-ring (bicyclic) bond motifs is 2. The molecule has 2 unspecified atom stereocenters. The van der Waals surface area contributed by atoms with Crippen LogP contribution >= 0.6 is 0 Å². The van der Waals surface area contributed by atoms with Crippen LogP contribution in [0, 0.1) is 0 Å². The number of benzene rings is 2. The van der Waals surface area contributed by atoms with Crippen LogP contribution in [-0.2, 0) is 20.6 Å². The van der Waals surface area contributed by atoms with Crippen LogP contribution in [0.5, 0.6) is 0 Å². The Morgan fingerprint density at radius 1 is 0.750 bits per heavy atom. The molecule has 0 N–H and O–H groups in total. The molecule has 0 spiro atoms. The molecule has 28 heavy (non-hydrogen) atoms. The molecule has 2 atom stereocenters. The van der Waals surface area contributed by atoms with Gasteiger partial charge >= 0.3 is 166 Å². The Balaban J connectivity index is 0.00000140. The molecule has 0 saturated carbocycles. The van der Waals surface area contributed by atoms with Crippen LogP contribution in [0.25, 0.3) is 12.2 Å². The number of hydrogen-bond donors (Lipinski definition) is 0. The van der Waals surface area contributed by atoms with Gasteiger partial charge in [0.25, 0.3) is 0 Å².